The summed E-state index contributed by atoms with van der Waals surface area (Å²) < 4.78 is 2.20. The molecule has 0 spiro atoms. The number of anilines is 6. The molecule has 0 fully saturated rings. The van der Waals surface area contributed by atoms with Gasteiger partial charge < -0.3 is 9.80 Å². The summed E-state index contributed by atoms with van der Waals surface area (Å²) in [6, 6.07) is 58.1. The van der Waals surface area contributed by atoms with Crippen molar-refractivity contribution in [1.82, 2.24) is 0 Å². The lowest BCUT2D eigenvalue weighted by molar-refractivity contribution is 0.394. The van der Waals surface area contributed by atoms with Crippen molar-refractivity contribution in [2.75, 3.05) is 9.80 Å². The molecule has 0 heterocycles. The van der Waals surface area contributed by atoms with Gasteiger partial charge in [-0.1, -0.05) is 292 Å². The molecule has 470 valence electrons. The fourth-order valence-electron chi connectivity index (χ4n) is 15.2. The van der Waals surface area contributed by atoms with Gasteiger partial charge in [0, 0.05) is 53.9 Å². The first-order chi connectivity index (χ1) is 42.6. The molecule has 0 saturated carbocycles. The highest BCUT2D eigenvalue weighted by atomic mass is 79.9. The molecule has 4 heteroatoms. The summed E-state index contributed by atoms with van der Waals surface area (Å²) in [5.74, 6) is 0. The smallest absolute Gasteiger partial charge is 0.0465 e. The molecule has 88 heavy (non-hydrogen) atoms. The second kappa shape index (κ2) is 31.4. The highest BCUT2D eigenvalue weighted by Crippen LogP contribution is 2.62. The molecule has 2 nitrogen and oxygen atoms in total. The molecule has 0 aromatic heterocycles. The quantitative estimate of drug-likeness (QED) is 0.0371. The zero-order chi connectivity index (χ0) is 62.3. The van der Waals surface area contributed by atoms with Crippen molar-refractivity contribution in [3.63, 3.8) is 0 Å². The van der Waals surface area contributed by atoms with Crippen LogP contribution in [0.15, 0.2) is 155 Å². The molecule has 0 bridgehead atoms. The molecule has 7 aromatic carbocycles. The van der Waals surface area contributed by atoms with Crippen LogP contribution >= 0.6 is 31.9 Å². The summed E-state index contributed by atoms with van der Waals surface area (Å²) in [5, 5.41) is 0. The Hall–Kier alpha value is -4.90. The predicted molar refractivity (Wildman–Crippen MR) is 393 cm³/mol. The lowest BCUT2D eigenvalue weighted by Crippen LogP contribution is -2.27. The van der Waals surface area contributed by atoms with E-state index in [4.69, 9.17) is 0 Å². The molecule has 2 aliphatic carbocycles. The zero-order valence-electron chi connectivity index (χ0n) is 56.3. The van der Waals surface area contributed by atoms with Gasteiger partial charge in [-0.15, -0.1) is 0 Å². The molecule has 2 aliphatic rings. The van der Waals surface area contributed by atoms with Crippen molar-refractivity contribution < 1.29 is 0 Å². The van der Waals surface area contributed by atoms with E-state index < -0.39 is 0 Å². The molecule has 9 rings (SSSR count). The molecule has 0 atom stereocenters. The molecule has 0 saturated heterocycles. The molecular weight excluding hydrogens is 1200 g/mol. The molecule has 0 radical (unpaired) electrons. The van der Waals surface area contributed by atoms with Crippen LogP contribution in [0.4, 0.5) is 34.1 Å². The summed E-state index contributed by atoms with van der Waals surface area (Å²) in [6.07, 6.45) is 35.9. The summed E-state index contributed by atoms with van der Waals surface area (Å²) in [6.45, 7) is 23.4. The Kier molecular flexibility index (Phi) is 24.1. The van der Waals surface area contributed by atoms with Crippen molar-refractivity contribution in [1.29, 1.82) is 0 Å². The van der Waals surface area contributed by atoms with Gasteiger partial charge >= 0.3 is 0 Å². The first-order valence-electron chi connectivity index (χ1n) is 35.4. The van der Waals surface area contributed by atoms with Crippen LogP contribution in [-0.2, 0) is 21.7 Å². The van der Waals surface area contributed by atoms with Gasteiger partial charge in [-0.2, -0.15) is 0 Å². The van der Waals surface area contributed by atoms with E-state index in [-0.39, 0.29) is 21.7 Å². The van der Waals surface area contributed by atoms with Crippen LogP contribution in [0.5, 0.6) is 0 Å². The Morgan fingerprint density at radius 3 is 0.784 bits per heavy atom. The van der Waals surface area contributed by atoms with Crippen LogP contribution in [0.2, 0.25) is 0 Å². The zero-order valence-corrected chi connectivity index (χ0v) is 59.5. The van der Waals surface area contributed by atoms with Gasteiger partial charge in [-0.3, -0.25) is 0 Å². The number of rotatable bonds is 34. The van der Waals surface area contributed by atoms with Crippen molar-refractivity contribution in [2.24, 2.45) is 0 Å². The van der Waals surface area contributed by atoms with Gasteiger partial charge in [0.1, 0.15) is 0 Å². The van der Waals surface area contributed by atoms with Crippen molar-refractivity contribution in [2.45, 2.75) is 271 Å². The summed E-state index contributed by atoms with van der Waals surface area (Å²) in [5.41, 5.74) is 22.2. The first-order valence-corrected chi connectivity index (χ1v) is 37.0. The largest absolute Gasteiger partial charge is 0.310 e. The SMILES string of the molecule is CCCCCCCCC1(CCCCCCCC)c2cc(N(c3ccc(Br)cc3)c3ccc(C(C)(C)C)cc3)ccc2-c2cc3c(cc21)-c1ccc(N(c2ccc(Br)cc2)c2ccc(C(C)(C)C)cc2)cc1C3(CCCCCCCC)CCCCCCCC. The summed E-state index contributed by atoms with van der Waals surface area (Å²) >= 11 is 7.61. The van der Waals surface area contributed by atoms with Crippen LogP contribution in [0.25, 0.3) is 22.3 Å². The normalized spacial score (nSPS) is 13.8. The fourth-order valence-corrected chi connectivity index (χ4v) is 15.7. The predicted octanol–water partition coefficient (Wildman–Crippen LogP) is 28.3. The highest BCUT2D eigenvalue weighted by Gasteiger charge is 2.48. The minimum atomic E-state index is -0.117. The van der Waals surface area contributed by atoms with E-state index >= 15 is 0 Å². The lowest BCUT2D eigenvalue weighted by Gasteiger charge is -2.35. The molecule has 0 unspecified atom stereocenters. The van der Waals surface area contributed by atoms with Crippen LogP contribution < -0.4 is 9.80 Å². The highest BCUT2D eigenvalue weighted by molar-refractivity contribution is 9.10. The summed E-state index contributed by atoms with van der Waals surface area (Å²) in [4.78, 5) is 5.08. The number of hydrogen-bond acceptors (Lipinski definition) is 2. The number of halogens is 2. The Morgan fingerprint density at radius 2 is 0.511 bits per heavy atom. The minimum Gasteiger partial charge on any atom is -0.310 e. The number of fused-ring (bicyclic) bond motifs is 6. The van der Waals surface area contributed by atoms with Gasteiger partial charge in [0.15, 0.2) is 0 Å². The van der Waals surface area contributed by atoms with Gasteiger partial charge in [0.2, 0.25) is 0 Å². The van der Waals surface area contributed by atoms with Crippen LogP contribution in [0, 0.1) is 0 Å². The Balaban J connectivity index is 1.27. The topological polar surface area (TPSA) is 6.48 Å². The van der Waals surface area contributed by atoms with E-state index in [0.717, 1.165) is 8.95 Å². The maximum Gasteiger partial charge on any atom is 0.0465 e. The average molecular weight is 1310 g/mol. The number of benzene rings is 7. The second-order valence-corrected chi connectivity index (χ2v) is 30.7. The Bertz CT molecular complexity index is 3030. The number of nitrogens with zero attached hydrogens (tertiary/aromatic N) is 2. The monoisotopic (exact) mass is 1300 g/mol. The third-order valence-corrected chi connectivity index (χ3v) is 21.4. The van der Waals surface area contributed by atoms with E-state index in [1.54, 1.807) is 22.3 Å². The fraction of sp³-hybridized carbons (Fsp3) is 0.500. The van der Waals surface area contributed by atoms with Crippen molar-refractivity contribution >= 4 is 66.0 Å². The van der Waals surface area contributed by atoms with E-state index in [1.165, 1.54) is 247 Å². The molecule has 7 aromatic rings. The molecule has 0 amide bonds. The van der Waals surface area contributed by atoms with Gasteiger partial charge in [0.05, 0.1) is 0 Å². The Morgan fingerprint density at radius 1 is 0.273 bits per heavy atom. The molecule has 0 aliphatic heterocycles. The number of unbranched alkanes of at least 4 members (excludes halogenated alkanes) is 20. The average Bonchev–Trinajstić information content (AvgIpc) is 1.54. The maximum atomic E-state index is 3.81. The first kappa shape index (κ1) is 67.5. The summed E-state index contributed by atoms with van der Waals surface area (Å²) in [7, 11) is 0. The van der Waals surface area contributed by atoms with Crippen molar-refractivity contribution in [3.05, 3.63) is 188 Å². The van der Waals surface area contributed by atoms with E-state index in [1.807, 2.05) is 0 Å². The third-order valence-electron chi connectivity index (χ3n) is 20.3. The van der Waals surface area contributed by atoms with E-state index in [0.29, 0.717) is 0 Å². The molecular formula is C84H110Br2N2. The standard InChI is InChI=1S/C84H110Br2N2/c1-11-15-19-23-27-31-55-83(56-32-28-24-20-16-12-2)77-59-71(87(69-47-39-65(85)40-48-69)67-43-35-63(36-44-67)81(5,6)7)51-53-73(77)75-62-80-76(61-79(75)83)74-54-52-72(88(70-49-41-66(86)42-50-70)68-45-37-64(38-46-68)82(8,9)10)60-78(74)84(80,57-33-29-25-21-17-13-3)58-34-30-26-22-18-14-4/h35-54,59-62H,11-34,55-58H2,1-10H3. The van der Waals surface area contributed by atoms with Crippen LogP contribution in [0.3, 0.4) is 0 Å². The van der Waals surface area contributed by atoms with Gasteiger partial charge in [0.25, 0.3) is 0 Å². The number of hydrogen-bond donors (Lipinski definition) is 0. The van der Waals surface area contributed by atoms with Gasteiger partial charge in [-0.25, -0.2) is 0 Å². The van der Waals surface area contributed by atoms with E-state index in [2.05, 4.69) is 256 Å². The van der Waals surface area contributed by atoms with Crippen LogP contribution in [-0.4, -0.2) is 0 Å². The Labute approximate surface area is 552 Å². The third kappa shape index (κ3) is 15.9. The lowest BCUT2D eigenvalue weighted by atomic mass is 9.68. The van der Waals surface area contributed by atoms with Gasteiger partial charge in [-0.05, 0) is 201 Å². The van der Waals surface area contributed by atoms with E-state index in [9.17, 15) is 0 Å². The van der Waals surface area contributed by atoms with Crippen LogP contribution in [0.1, 0.15) is 282 Å². The molecule has 0 N–H and O–H groups in total. The van der Waals surface area contributed by atoms with Crippen molar-refractivity contribution in [3.8, 4) is 22.3 Å². The second-order valence-electron chi connectivity index (χ2n) is 28.9. The minimum absolute atomic E-state index is 0.0657. The maximum absolute atomic E-state index is 3.81.